The van der Waals surface area contributed by atoms with E-state index < -0.39 is 0 Å². The van der Waals surface area contributed by atoms with Crippen molar-refractivity contribution >= 4 is 17.4 Å². The van der Waals surface area contributed by atoms with Crippen LogP contribution in [0.1, 0.15) is 31.5 Å². The third-order valence-corrected chi connectivity index (χ3v) is 4.78. The van der Waals surface area contributed by atoms with Crippen molar-refractivity contribution in [1.29, 1.82) is 0 Å². The lowest BCUT2D eigenvalue weighted by molar-refractivity contribution is -0.0778. The summed E-state index contributed by atoms with van der Waals surface area (Å²) >= 11 is 1.64. The number of nitrogens with one attached hydrogen (secondary N) is 2. The van der Waals surface area contributed by atoms with Gasteiger partial charge in [-0.3, -0.25) is 4.90 Å². The summed E-state index contributed by atoms with van der Waals surface area (Å²) in [4.78, 5) is 18.6. The Hall–Kier alpha value is -1.18. The van der Waals surface area contributed by atoms with E-state index in [1.54, 1.807) is 11.3 Å². The lowest BCUT2D eigenvalue weighted by atomic mass is 10.2. The fourth-order valence-corrected chi connectivity index (χ4v) is 3.48. The monoisotopic (exact) mass is 340 g/mol. The van der Waals surface area contributed by atoms with Crippen molar-refractivity contribution in [3.05, 3.63) is 16.1 Å². The predicted octanol–water partition coefficient (Wildman–Crippen LogP) is 1.79. The molecule has 0 unspecified atom stereocenters. The Morgan fingerprint density at radius 1 is 1.43 bits per heavy atom. The lowest BCUT2D eigenvalue weighted by Crippen LogP contribution is -2.53. The Labute approximate surface area is 142 Å². The highest BCUT2D eigenvalue weighted by molar-refractivity contribution is 7.09. The molecule has 130 valence electrons. The SMILES string of the molecule is Cc1nc(CCNC(=O)NC[C@H](C)N2C[C@H](C)O[C@@H](C)C2)cs1. The smallest absolute Gasteiger partial charge is 0.314 e. The van der Waals surface area contributed by atoms with Crippen LogP contribution in [0.2, 0.25) is 0 Å². The van der Waals surface area contributed by atoms with Gasteiger partial charge in [-0.15, -0.1) is 11.3 Å². The topological polar surface area (TPSA) is 66.5 Å². The van der Waals surface area contributed by atoms with Crippen LogP contribution in [-0.2, 0) is 11.2 Å². The number of hydrogen-bond acceptors (Lipinski definition) is 5. The van der Waals surface area contributed by atoms with E-state index in [-0.39, 0.29) is 18.2 Å². The Morgan fingerprint density at radius 2 is 2.13 bits per heavy atom. The van der Waals surface area contributed by atoms with Crippen molar-refractivity contribution in [3.8, 4) is 0 Å². The summed E-state index contributed by atoms with van der Waals surface area (Å²) in [5, 5.41) is 8.94. The van der Waals surface area contributed by atoms with Crippen LogP contribution in [-0.4, -0.2) is 60.3 Å². The largest absolute Gasteiger partial charge is 0.373 e. The van der Waals surface area contributed by atoms with Gasteiger partial charge in [0, 0.05) is 44.0 Å². The number of nitrogens with zero attached hydrogens (tertiary/aromatic N) is 2. The third-order valence-electron chi connectivity index (χ3n) is 3.96. The highest BCUT2D eigenvalue weighted by atomic mass is 32.1. The Morgan fingerprint density at radius 3 is 2.74 bits per heavy atom. The van der Waals surface area contributed by atoms with E-state index in [9.17, 15) is 4.79 Å². The maximum atomic E-state index is 11.9. The molecule has 1 fully saturated rings. The van der Waals surface area contributed by atoms with Gasteiger partial charge in [0.25, 0.3) is 0 Å². The molecule has 0 aliphatic carbocycles. The molecule has 0 spiro atoms. The van der Waals surface area contributed by atoms with Crippen molar-refractivity contribution in [3.63, 3.8) is 0 Å². The van der Waals surface area contributed by atoms with Gasteiger partial charge >= 0.3 is 6.03 Å². The van der Waals surface area contributed by atoms with Gasteiger partial charge in [0.05, 0.1) is 22.9 Å². The second-order valence-electron chi connectivity index (χ2n) is 6.30. The molecule has 0 radical (unpaired) electrons. The average molecular weight is 340 g/mol. The van der Waals surface area contributed by atoms with Crippen molar-refractivity contribution < 1.29 is 9.53 Å². The van der Waals surface area contributed by atoms with Gasteiger partial charge in [0.15, 0.2) is 0 Å². The minimum atomic E-state index is -0.113. The van der Waals surface area contributed by atoms with Gasteiger partial charge in [-0.2, -0.15) is 0 Å². The molecule has 2 rings (SSSR count). The first kappa shape index (κ1) is 18.2. The molecule has 7 heteroatoms. The summed E-state index contributed by atoms with van der Waals surface area (Å²) < 4.78 is 5.74. The third kappa shape index (κ3) is 6.08. The summed E-state index contributed by atoms with van der Waals surface area (Å²) in [6.45, 7) is 11.4. The molecule has 2 amide bonds. The van der Waals surface area contributed by atoms with E-state index in [1.165, 1.54) is 0 Å². The lowest BCUT2D eigenvalue weighted by Gasteiger charge is -2.38. The molecule has 0 saturated carbocycles. The number of urea groups is 1. The first-order valence-corrected chi connectivity index (χ1v) is 9.14. The number of carbonyl (C=O) groups excluding carboxylic acids is 1. The van der Waals surface area contributed by atoms with Crippen LogP contribution in [0.3, 0.4) is 0 Å². The second kappa shape index (κ2) is 8.61. The van der Waals surface area contributed by atoms with Crippen LogP contribution in [0, 0.1) is 6.92 Å². The molecular weight excluding hydrogens is 312 g/mol. The molecule has 1 aliphatic heterocycles. The molecule has 3 atom stereocenters. The fourth-order valence-electron chi connectivity index (χ4n) is 2.84. The molecule has 1 saturated heterocycles. The number of hydrogen-bond donors (Lipinski definition) is 2. The van der Waals surface area contributed by atoms with Gasteiger partial charge in [0.1, 0.15) is 0 Å². The summed E-state index contributed by atoms with van der Waals surface area (Å²) in [5.41, 5.74) is 1.04. The number of carbonyl (C=O) groups is 1. The molecule has 23 heavy (non-hydrogen) atoms. The van der Waals surface area contributed by atoms with Crippen LogP contribution in [0.5, 0.6) is 0 Å². The highest BCUT2D eigenvalue weighted by Gasteiger charge is 2.25. The van der Waals surface area contributed by atoms with E-state index in [1.807, 2.05) is 12.3 Å². The number of ether oxygens (including phenoxy) is 1. The molecule has 1 aromatic heterocycles. The summed E-state index contributed by atoms with van der Waals surface area (Å²) in [6.07, 6.45) is 1.26. The van der Waals surface area contributed by atoms with Gasteiger partial charge in [-0.05, 0) is 27.7 Å². The molecule has 1 aliphatic rings. The second-order valence-corrected chi connectivity index (χ2v) is 7.37. The van der Waals surface area contributed by atoms with Crippen LogP contribution in [0.4, 0.5) is 4.79 Å². The van der Waals surface area contributed by atoms with E-state index in [2.05, 4.69) is 41.3 Å². The zero-order chi connectivity index (χ0) is 16.8. The van der Waals surface area contributed by atoms with Crippen molar-refractivity contribution in [2.75, 3.05) is 26.2 Å². The fraction of sp³-hybridized carbons (Fsp3) is 0.750. The molecule has 6 nitrogen and oxygen atoms in total. The minimum absolute atomic E-state index is 0.113. The number of morpholine rings is 1. The van der Waals surface area contributed by atoms with Crippen molar-refractivity contribution in [2.24, 2.45) is 0 Å². The minimum Gasteiger partial charge on any atom is -0.373 e. The van der Waals surface area contributed by atoms with Gasteiger partial charge < -0.3 is 15.4 Å². The zero-order valence-corrected chi connectivity index (χ0v) is 15.3. The number of rotatable bonds is 6. The molecule has 0 aromatic carbocycles. The molecule has 2 N–H and O–H groups in total. The standard InChI is InChI=1S/C16H28N4O2S/c1-11(20-8-12(2)22-13(3)9-20)7-18-16(21)17-6-5-15-10-23-14(4)19-15/h10-13H,5-9H2,1-4H3,(H2,17,18,21)/t11-,12-,13-/m0/s1. The molecular formula is C16H28N4O2S. The number of aromatic nitrogens is 1. The van der Waals surface area contributed by atoms with Crippen LogP contribution in [0.25, 0.3) is 0 Å². The number of aryl methyl sites for hydroxylation is 1. The molecule has 1 aromatic rings. The van der Waals surface area contributed by atoms with E-state index in [0.29, 0.717) is 19.1 Å². The van der Waals surface area contributed by atoms with Crippen LogP contribution in [0.15, 0.2) is 5.38 Å². The van der Waals surface area contributed by atoms with Gasteiger partial charge in [-0.1, -0.05) is 0 Å². The van der Waals surface area contributed by atoms with Crippen molar-refractivity contribution in [1.82, 2.24) is 20.5 Å². The van der Waals surface area contributed by atoms with E-state index in [0.717, 1.165) is 30.2 Å². The zero-order valence-electron chi connectivity index (χ0n) is 14.5. The quantitative estimate of drug-likeness (QED) is 0.829. The predicted molar refractivity (Wildman–Crippen MR) is 93.0 cm³/mol. The van der Waals surface area contributed by atoms with Crippen molar-refractivity contribution in [2.45, 2.75) is 52.4 Å². The number of thiazole rings is 1. The highest BCUT2D eigenvalue weighted by Crippen LogP contribution is 2.13. The summed E-state index contributed by atoms with van der Waals surface area (Å²) in [7, 11) is 0. The summed E-state index contributed by atoms with van der Waals surface area (Å²) in [5.74, 6) is 0. The maximum Gasteiger partial charge on any atom is 0.314 e. The van der Waals surface area contributed by atoms with Gasteiger partial charge in [0.2, 0.25) is 0 Å². The van der Waals surface area contributed by atoms with E-state index >= 15 is 0 Å². The first-order chi connectivity index (χ1) is 10.9. The van der Waals surface area contributed by atoms with Crippen LogP contribution < -0.4 is 10.6 Å². The average Bonchev–Trinajstić information content (AvgIpc) is 2.89. The Balaban J connectivity index is 1.63. The Kier molecular flexibility index (Phi) is 6.80. The molecule has 0 bridgehead atoms. The summed E-state index contributed by atoms with van der Waals surface area (Å²) in [6, 6.07) is 0.189. The molecule has 2 heterocycles. The van der Waals surface area contributed by atoms with Crippen LogP contribution >= 0.6 is 11.3 Å². The van der Waals surface area contributed by atoms with Gasteiger partial charge in [-0.25, -0.2) is 9.78 Å². The number of amides is 2. The van der Waals surface area contributed by atoms with E-state index in [4.69, 9.17) is 4.74 Å². The first-order valence-electron chi connectivity index (χ1n) is 8.26. The Bertz CT molecular complexity index is 498. The maximum absolute atomic E-state index is 11.9. The normalized spacial score (nSPS) is 23.5.